The lowest BCUT2D eigenvalue weighted by atomic mass is 9.71. The molecule has 0 aromatic carbocycles. The molecule has 0 radical (unpaired) electrons. The van der Waals surface area contributed by atoms with E-state index >= 15 is 0 Å². The smallest absolute Gasteiger partial charge is 0.155 e. The molecule has 0 heterocycles. The van der Waals surface area contributed by atoms with Crippen LogP contribution in [-0.4, -0.2) is 5.78 Å². The zero-order valence-electron chi connectivity index (χ0n) is 11.5. The van der Waals surface area contributed by atoms with Gasteiger partial charge in [-0.25, -0.2) is 0 Å². The Balaban J connectivity index is 1.67. The van der Waals surface area contributed by atoms with Crippen molar-refractivity contribution in [3.63, 3.8) is 0 Å². The van der Waals surface area contributed by atoms with Crippen molar-refractivity contribution in [1.29, 1.82) is 0 Å². The maximum atomic E-state index is 11.2. The highest BCUT2D eigenvalue weighted by atomic mass is 16.1. The first-order valence-corrected chi connectivity index (χ1v) is 7.09. The highest BCUT2D eigenvalue weighted by molar-refractivity contribution is 5.92. The first kappa shape index (κ1) is 11.5. The molecule has 3 unspecified atom stereocenters. The van der Waals surface area contributed by atoms with Crippen molar-refractivity contribution in [2.24, 2.45) is 28.6 Å². The van der Waals surface area contributed by atoms with E-state index in [1.165, 1.54) is 19.3 Å². The van der Waals surface area contributed by atoms with Crippen LogP contribution >= 0.6 is 0 Å². The molecule has 0 N–H and O–H groups in total. The van der Waals surface area contributed by atoms with Gasteiger partial charge in [-0.2, -0.15) is 0 Å². The summed E-state index contributed by atoms with van der Waals surface area (Å²) in [6.07, 6.45) is 7.52. The molecule has 0 aromatic heterocycles. The summed E-state index contributed by atoms with van der Waals surface area (Å²) in [5.74, 6) is 3.31. The number of carbonyl (C=O) groups is 1. The molecular weight excluding hydrogens is 208 g/mol. The number of ketones is 1. The predicted octanol–water partition coefficient (Wildman–Crippen LogP) is 3.98. The van der Waals surface area contributed by atoms with Crippen molar-refractivity contribution in [3.05, 3.63) is 11.6 Å². The fourth-order valence-electron chi connectivity index (χ4n) is 5.24. The molecule has 4 rings (SSSR count). The van der Waals surface area contributed by atoms with Crippen molar-refractivity contribution >= 4 is 5.78 Å². The molecule has 1 heteroatoms. The Labute approximate surface area is 105 Å². The Kier molecular flexibility index (Phi) is 2.19. The van der Waals surface area contributed by atoms with Gasteiger partial charge in [-0.15, -0.1) is 0 Å². The fourth-order valence-corrected chi connectivity index (χ4v) is 5.24. The summed E-state index contributed by atoms with van der Waals surface area (Å²) in [6, 6.07) is 0. The average molecular weight is 232 g/mol. The van der Waals surface area contributed by atoms with E-state index < -0.39 is 0 Å². The normalized spacial score (nSPS) is 50.8. The Morgan fingerprint density at radius 2 is 1.82 bits per heavy atom. The van der Waals surface area contributed by atoms with Gasteiger partial charge in [-0.3, -0.25) is 4.79 Å². The summed E-state index contributed by atoms with van der Waals surface area (Å²) in [5.41, 5.74) is 2.17. The lowest BCUT2D eigenvalue weighted by molar-refractivity contribution is -0.113. The molecule has 0 amide bonds. The van der Waals surface area contributed by atoms with Gasteiger partial charge in [0.25, 0.3) is 0 Å². The first-order valence-electron chi connectivity index (χ1n) is 7.09. The van der Waals surface area contributed by atoms with Crippen LogP contribution in [0.2, 0.25) is 0 Å². The second-order valence-electron chi connectivity index (χ2n) is 7.06. The van der Waals surface area contributed by atoms with Crippen molar-refractivity contribution in [2.45, 2.75) is 53.4 Å². The van der Waals surface area contributed by atoms with E-state index in [-0.39, 0.29) is 5.78 Å². The fraction of sp³-hybridized carbons (Fsp3) is 0.812. The van der Waals surface area contributed by atoms with Gasteiger partial charge in [-0.1, -0.05) is 19.9 Å². The van der Waals surface area contributed by atoms with Crippen LogP contribution < -0.4 is 0 Å². The number of hydrogen-bond acceptors (Lipinski definition) is 1. The summed E-state index contributed by atoms with van der Waals surface area (Å²) in [7, 11) is 0. The molecular formula is C16H24O. The van der Waals surface area contributed by atoms with Crippen LogP contribution in [-0.2, 0) is 4.79 Å². The molecule has 0 spiro atoms. The monoisotopic (exact) mass is 232 g/mol. The summed E-state index contributed by atoms with van der Waals surface area (Å²) >= 11 is 0. The van der Waals surface area contributed by atoms with Crippen LogP contribution in [0.3, 0.4) is 0 Å². The lowest BCUT2D eigenvalue weighted by Crippen LogP contribution is -2.26. The number of Topliss-reactive ketones (excluding diaryl/α,β-unsaturated/α-hetero) is 1. The zero-order valence-corrected chi connectivity index (χ0v) is 11.5. The molecule has 0 saturated heterocycles. The second kappa shape index (κ2) is 3.24. The van der Waals surface area contributed by atoms with Crippen LogP contribution in [0.25, 0.3) is 0 Å². The van der Waals surface area contributed by atoms with Crippen LogP contribution in [0.5, 0.6) is 0 Å². The third kappa shape index (κ3) is 1.23. The van der Waals surface area contributed by atoms with E-state index in [1.807, 2.05) is 6.92 Å². The Bertz CT molecular complexity index is 394. The molecule has 4 aliphatic rings. The molecule has 4 aliphatic carbocycles. The topological polar surface area (TPSA) is 17.1 Å². The molecule has 4 bridgehead atoms. The molecule has 0 aromatic rings. The second-order valence-corrected chi connectivity index (χ2v) is 7.06. The summed E-state index contributed by atoms with van der Waals surface area (Å²) < 4.78 is 0. The molecule has 0 aliphatic heterocycles. The molecule has 17 heavy (non-hydrogen) atoms. The Morgan fingerprint density at radius 1 is 1.24 bits per heavy atom. The minimum Gasteiger partial charge on any atom is -0.295 e. The number of rotatable bonds is 4. The molecule has 94 valence electrons. The predicted molar refractivity (Wildman–Crippen MR) is 69.6 cm³/mol. The average Bonchev–Trinajstić information content (AvgIpc) is 2.64. The highest BCUT2D eigenvalue weighted by Crippen LogP contribution is 2.87. The molecule has 3 atom stereocenters. The van der Waals surface area contributed by atoms with Gasteiger partial charge in [0.15, 0.2) is 5.78 Å². The van der Waals surface area contributed by atoms with E-state index in [1.54, 1.807) is 6.92 Å². The van der Waals surface area contributed by atoms with Crippen molar-refractivity contribution < 1.29 is 4.79 Å². The van der Waals surface area contributed by atoms with Crippen LogP contribution in [0.4, 0.5) is 0 Å². The van der Waals surface area contributed by atoms with Gasteiger partial charge in [0.05, 0.1) is 0 Å². The minimum absolute atomic E-state index is 0.224. The van der Waals surface area contributed by atoms with Gasteiger partial charge < -0.3 is 0 Å². The third-order valence-corrected chi connectivity index (χ3v) is 6.80. The van der Waals surface area contributed by atoms with Gasteiger partial charge >= 0.3 is 0 Å². The van der Waals surface area contributed by atoms with Crippen molar-refractivity contribution in [2.75, 3.05) is 0 Å². The summed E-state index contributed by atoms with van der Waals surface area (Å²) in [6.45, 7) is 8.65. The van der Waals surface area contributed by atoms with E-state index in [0.717, 1.165) is 29.7 Å². The van der Waals surface area contributed by atoms with Crippen LogP contribution in [0.1, 0.15) is 53.4 Å². The van der Waals surface area contributed by atoms with E-state index in [4.69, 9.17) is 0 Å². The van der Waals surface area contributed by atoms with E-state index in [9.17, 15) is 4.79 Å². The summed E-state index contributed by atoms with van der Waals surface area (Å²) in [5, 5.41) is 0. The molecule has 1 nitrogen and oxygen atoms in total. The quantitative estimate of drug-likeness (QED) is 0.670. The third-order valence-electron chi connectivity index (χ3n) is 6.80. The SMILES string of the molecule is CC(=O)/C(C)=C/CCC1(C)C2CC3C(C2)C31C. The highest BCUT2D eigenvalue weighted by Gasteiger charge is 2.80. The molecule has 4 fully saturated rings. The standard InChI is InChI=1S/C16H24O/c1-10(11(2)17)6-5-7-15(3)12-8-13-14(9-12)16(13,15)4/h6,12-14H,5,7-9H2,1-4H3/b10-6+. The first-order chi connectivity index (χ1) is 7.91. The number of hydrogen-bond donors (Lipinski definition) is 0. The minimum atomic E-state index is 0.224. The Hall–Kier alpha value is -0.590. The van der Waals surface area contributed by atoms with E-state index in [2.05, 4.69) is 19.9 Å². The van der Waals surface area contributed by atoms with Gasteiger partial charge in [-0.05, 0) is 73.7 Å². The zero-order chi connectivity index (χ0) is 12.4. The van der Waals surface area contributed by atoms with Crippen molar-refractivity contribution in [3.8, 4) is 0 Å². The maximum Gasteiger partial charge on any atom is 0.155 e. The summed E-state index contributed by atoms with van der Waals surface area (Å²) in [4.78, 5) is 11.2. The van der Waals surface area contributed by atoms with Gasteiger partial charge in [0.2, 0.25) is 0 Å². The van der Waals surface area contributed by atoms with E-state index in [0.29, 0.717) is 10.8 Å². The van der Waals surface area contributed by atoms with Gasteiger partial charge in [0, 0.05) is 0 Å². The Morgan fingerprint density at radius 3 is 2.24 bits per heavy atom. The largest absolute Gasteiger partial charge is 0.295 e. The molecule has 4 saturated carbocycles. The lowest BCUT2D eigenvalue weighted by Gasteiger charge is -2.34. The maximum absolute atomic E-state index is 11.2. The van der Waals surface area contributed by atoms with Crippen LogP contribution in [0.15, 0.2) is 11.6 Å². The number of carbonyl (C=O) groups excluding carboxylic acids is 1. The van der Waals surface area contributed by atoms with Crippen molar-refractivity contribution in [1.82, 2.24) is 0 Å². The number of allylic oxidation sites excluding steroid dienone is 2. The van der Waals surface area contributed by atoms with Crippen LogP contribution in [0, 0.1) is 28.6 Å². The van der Waals surface area contributed by atoms with Gasteiger partial charge in [0.1, 0.15) is 0 Å².